The molecule has 1 aliphatic heterocycles. The van der Waals surface area contributed by atoms with E-state index in [1.54, 1.807) is 0 Å². The second-order valence-corrected chi connectivity index (χ2v) is 13.1. The van der Waals surface area contributed by atoms with Crippen LogP contribution in [-0.4, -0.2) is 26.7 Å². The average Bonchev–Trinajstić information content (AvgIpc) is 3.14. The van der Waals surface area contributed by atoms with Crippen molar-refractivity contribution in [2.24, 2.45) is 22.7 Å². The number of hydrogen-bond donors (Lipinski definition) is 1. The van der Waals surface area contributed by atoms with Crippen LogP contribution in [0.5, 0.6) is 5.75 Å². The molecule has 5 nitrogen and oxygen atoms in total. The number of rotatable bonds is 2. The molecule has 0 saturated heterocycles. The van der Waals surface area contributed by atoms with E-state index < -0.39 is 10.0 Å². The standard InChI is InChI=1S/C24H33NO4S/c1-22(2)17-8-10-23(3)16-7-6-14-12-20(26)29-21(14)15(16)13-18(23)24(17,4)11-9-19(22)25-30(5,27)28/h6-7,17-19,25H,8-13H2,1-5H3. The van der Waals surface area contributed by atoms with Crippen molar-refractivity contribution in [2.75, 3.05) is 6.26 Å². The first-order valence-electron chi connectivity index (χ1n) is 11.2. The average molecular weight is 432 g/mol. The molecule has 1 N–H and O–H groups in total. The Hall–Kier alpha value is -1.40. The smallest absolute Gasteiger partial charge is 0.315 e. The fourth-order valence-corrected chi connectivity index (χ4v) is 8.94. The molecule has 5 atom stereocenters. The first kappa shape index (κ1) is 20.5. The quantitative estimate of drug-likeness (QED) is 0.572. The predicted molar refractivity (Wildman–Crippen MR) is 116 cm³/mol. The van der Waals surface area contributed by atoms with Crippen molar-refractivity contribution in [1.29, 1.82) is 0 Å². The summed E-state index contributed by atoms with van der Waals surface area (Å²) in [6.45, 7) is 9.35. The molecule has 4 aliphatic rings. The van der Waals surface area contributed by atoms with Gasteiger partial charge in [-0.2, -0.15) is 0 Å². The van der Waals surface area contributed by atoms with Crippen molar-refractivity contribution >= 4 is 16.0 Å². The number of ether oxygens (including phenoxy) is 1. The number of esters is 1. The van der Waals surface area contributed by atoms with Gasteiger partial charge in [0, 0.05) is 11.6 Å². The minimum Gasteiger partial charge on any atom is -0.426 e. The van der Waals surface area contributed by atoms with Crippen molar-refractivity contribution in [3.05, 3.63) is 28.8 Å². The minimum absolute atomic E-state index is 0.0242. The Morgan fingerprint density at radius 3 is 2.50 bits per heavy atom. The van der Waals surface area contributed by atoms with E-state index in [9.17, 15) is 13.2 Å². The van der Waals surface area contributed by atoms with Gasteiger partial charge in [-0.05, 0) is 71.3 Å². The summed E-state index contributed by atoms with van der Waals surface area (Å²) >= 11 is 0. The van der Waals surface area contributed by atoms with Crippen LogP contribution in [0.25, 0.3) is 0 Å². The maximum atomic E-state index is 12.0. The molecule has 2 saturated carbocycles. The topological polar surface area (TPSA) is 72.5 Å². The van der Waals surface area contributed by atoms with Crippen molar-refractivity contribution in [3.63, 3.8) is 0 Å². The number of hydrogen-bond acceptors (Lipinski definition) is 4. The van der Waals surface area contributed by atoms with Gasteiger partial charge in [-0.25, -0.2) is 13.1 Å². The van der Waals surface area contributed by atoms with Crippen molar-refractivity contribution in [3.8, 4) is 5.75 Å². The Kier molecular flexibility index (Phi) is 4.17. The molecule has 6 heteroatoms. The molecule has 0 radical (unpaired) electrons. The van der Waals surface area contributed by atoms with Crippen LogP contribution in [0, 0.1) is 22.7 Å². The fourth-order valence-electron chi connectivity index (χ4n) is 8.00. The summed E-state index contributed by atoms with van der Waals surface area (Å²) in [5, 5.41) is 0. The van der Waals surface area contributed by atoms with E-state index >= 15 is 0 Å². The molecule has 0 spiro atoms. The van der Waals surface area contributed by atoms with Gasteiger partial charge in [0.05, 0.1) is 12.7 Å². The number of carbonyl (C=O) groups is 1. The molecule has 2 fully saturated rings. The Labute approximate surface area is 180 Å². The lowest BCUT2D eigenvalue weighted by molar-refractivity contribution is -0.131. The van der Waals surface area contributed by atoms with Crippen LogP contribution >= 0.6 is 0 Å². The van der Waals surface area contributed by atoms with Gasteiger partial charge in [-0.1, -0.05) is 39.8 Å². The van der Waals surface area contributed by atoms with E-state index in [1.807, 2.05) is 0 Å². The van der Waals surface area contributed by atoms with Crippen molar-refractivity contribution < 1.29 is 17.9 Å². The zero-order chi connectivity index (χ0) is 21.7. The molecule has 1 heterocycles. The molecule has 1 aromatic carbocycles. The summed E-state index contributed by atoms with van der Waals surface area (Å²) in [7, 11) is -3.24. The predicted octanol–water partition coefficient (Wildman–Crippen LogP) is 3.73. The van der Waals surface area contributed by atoms with Gasteiger partial charge in [0.1, 0.15) is 5.75 Å². The largest absolute Gasteiger partial charge is 0.426 e. The SMILES string of the molecule is CC12CCC3C(C)(C)C(NS(C)(=O)=O)CCC3(C)C1Cc1c2ccc2c1OC(=O)C2. The lowest BCUT2D eigenvalue weighted by atomic mass is 9.43. The zero-order valence-corrected chi connectivity index (χ0v) is 19.5. The van der Waals surface area contributed by atoms with Crippen molar-refractivity contribution in [2.45, 2.75) is 77.7 Å². The molecular formula is C24H33NO4S. The number of nitrogens with one attached hydrogen (secondary N) is 1. The summed E-state index contributed by atoms with van der Waals surface area (Å²) in [6.07, 6.45) is 6.67. The highest BCUT2D eigenvalue weighted by molar-refractivity contribution is 7.88. The highest BCUT2D eigenvalue weighted by atomic mass is 32.2. The van der Waals surface area contributed by atoms with Crippen LogP contribution < -0.4 is 9.46 Å². The third-order valence-corrected chi connectivity index (χ3v) is 10.1. The molecule has 5 rings (SSSR count). The van der Waals surface area contributed by atoms with Gasteiger partial charge >= 0.3 is 5.97 Å². The van der Waals surface area contributed by atoms with E-state index in [-0.39, 0.29) is 28.3 Å². The van der Waals surface area contributed by atoms with Gasteiger partial charge in [0.25, 0.3) is 0 Å². The summed E-state index contributed by atoms with van der Waals surface area (Å²) in [4.78, 5) is 11.9. The summed E-state index contributed by atoms with van der Waals surface area (Å²) in [5.74, 6) is 1.61. The highest BCUT2D eigenvalue weighted by Crippen LogP contribution is 2.68. The Morgan fingerprint density at radius 1 is 1.07 bits per heavy atom. The Morgan fingerprint density at radius 2 is 1.80 bits per heavy atom. The summed E-state index contributed by atoms with van der Waals surface area (Å²) < 4.78 is 32.6. The second kappa shape index (κ2) is 6.10. The fraction of sp³-hybridized carbons (Fsp3) is 0.708. The third-order valence-electron chi connectivity index (χ3n) is 9.35. The summed E-state index contributed by atoms with van der Waals surface area (Å²) in [5.41, 5.74) is 3.75. The molecule has 3 aliphatic carbocycles. The minimum atomic E-state index is -3.24. The maximum absolute atomic E-state index is 12.0. The molecule has 0 bridgehead atoms. The van der Waals surface area contributed by atoms with Crippen molar-refractivity contribution in [1.82, 2.24) is 4.72 Å². The van der Waals surface area contributed by atoms with Gasteiger partial charge in [0.2, 0.25) is 10.0 Å². The molecular weight excluding hydrogens is 398 g/mol. The normalized spacial score (nSPS) is 39.0. The number of fused-ring (bicyclic) bond motifs is 7. The third kappa shape index (κ3) is 2.68. The molecule has 1 aromatic rings. The zero-order valence-electron chi connectivity index (χ0n) is 18.7. The lowest BCUT2D eigenvalue weighted by Gasteiger charge is -2.63. The van der Waals surface area contributed by atoms with Gasteiger partial charge in [-0.15, -0.1) is 0 Å². The number of sulfonamides is 1. The maximum Gasteiger partial charge on any atom is 0.315 e. The number of benzene rings is 1. The van der Waals surface area contributed by atoms with Gasteiger partial charge < -0.3 is 4.74 Å². The van der Waals surface area contributed by atoms with Crippen LogP contribution in [0.3, 0.4) is 0 Å². The van der Waals surface area contributed by atoms with E-state index in [2.05, 4.69) is 44.5 Å². The van der Waals surface area contributed by atoms with Crippen LogP contribution in [0.4, 0.5) is 0 Å². The van der Waals surface area contributed by atoms with Crippen LogP contribution in [0.15, 0.2) is 12.1 Å². The molecule has 0 aromatic heterocycles. The molecule has 30 heavy (non-hydrogen) atoms. The van der Waals surface area contributed by atoms with Gasteiger partial charge in [0.15, 0.2) is 0 Å². The van der Waals surface area contributed by atoms with Crippen LogP contribution in [0.1, 0.15) is 70.1 Å². The number of carbonyl (C=O) groups excluding carboxylic acids is 1. The summed E-state index contributed by atoms with van der Waals surface area (Å²) in [6, 6.07) is 4.32. The monoisotopic (exact) mass is 431 g/mol. The first-order chi connectivity index (χ1) is 13.9. The lowest BCUT2D eigenvalue weighted by Crippen LogP contribution is -2.61. The van der Waals surface area contributed by atoms with E-state index in [0.29, 0.717) is 18.3 Å². The highest BCUT2D eigenvalue weighted by Gasteiger charge is 2.63. The van der Waals surface area contributed by atoms with E-state index in [0.717, 1.165) is 43.4 Å². The molecule has 0 amide bonds. The van der Waals surface area contributed by atoms with Gasteiger partial charge in [-0.3, -0.25) is 4.79 Å². The molecule has 164 valence electrons. The Balaban J connectivity index is 1.54. The van der Waals surface area contributed by atoms with Crippen LogP contribution in [0.2, 0.25) is 0 Å². The van der Waals surface area contributed by atoms with E-state index in [4.69, 9.17) is 4.74 Å². The van der Waals surface area contributed by atoms with E-state index in [1.165, 1.54) is 17.4 Å². The van der Waals surface area contributed by atoms with Crippen LogP contribution in [-0.2, 0) is 33.1 Å². The Bertz CT molecular complexity index is 1050. The first-order valence-corrected chi connectivity index (χ1v) is 13.1. The second-order valence-electron chi connectivity index (χ2n) is 11.3. The molecule has 5 unspecified atom stereocenters.